The van der Waals surface area contributed by atoms with Crippen LogP contribution in [0.25, 0.3) is 0 Å². The van der Waals surface area contributed by atoms with E-state index < -0.39 is 0 Å². The molecule has 1 aliphatic rings. The minimum Gasteiger partial charge on any atom is -0.393 e. The molecule has 0 aromatic heterocycles. The van der Waals surface area contributed by atoms with Crippen LogP contribution >= 0.6 is 0 Å². The molecular formula is C13H26N2O2. The molecule has 1 aliphatic heterocycles. The molecule has 2 unspecified atom stereocenters. The van der Waals surface area contributed by atoms with E-state index in [0.717, 1.165) is 25.9 Å². The Labute approximate surface area is 104 Å². The molecule has 0 aromatic carbocycles. The fourth-order valence-corrected chi connectivity index (χ4v) is 2.30. The summed E-state index contributed by atoms with van der Waals surface area (Å²) in [6.45, 7) is 10.1. The smallest absolute Gasteiger partial charge is 0.234 e. The van der Waals surface area contributed by atoms with Crippen molar-refractivity contribution in [2.24, 2.45) is 5.92 Å². The predicted molar refractivity (Wildman–Crippen MR) is 68.7 cm³/mol. The van der Waals surface area contributed by atoms with Gasteiger partial charge in [-0.15, -0.1) is 0 Å². The molecule has 4 heteroatoms. The highest BCUT2D eigenvalue weighted by molar-refractivity contribution is 5.78. The highest BCUT2D eigenvalue weighted by Gasteiger charge is 2.27. The number of hydrogen-bond acceptors (Lipinski definition) is 3. The van der Waals surface area contributed by atoms with E-state index in [1.165, 1.54) is 0 Å². The Bertz CT molecular complexity index is 261. The summed E-state index contributed by atoms with van der Waals surface area (Å²) in [4.78, 5) is 13.9. The van der Waals surface area contributed by atoms with Gasteiger partial charge in [0.1, 0.15) is 0 Å². The second-order valence-corrected chi connectivity index (χ2v) is 6.06. The minimum absolute atomic E-state index is 0.0729. The molecule has 1 rings (SSSR count). The van der Waals surface area contributed by atoms with E-state index in [9.17, 15) is 9.90 Å². The summed E-state index contributed by atoms with van der Waals surface area (Å²) in [6.07, 6.45) is 1.56. The van der Waals surface area contributed by atoms with Gasteiger partial charge in [0.15, 0.2) is 0 Å². The number of aliphatic hydroxyl groups excluding tert-OH is 1. The molecule has 4 nitrogen and oxygen atoms in total. The molecule has 100 valence electrons. The lowest BCUT2D eigenvalue weighted by atomic mass is 9.92. The summed E-state index contributed by atoms with van der Waals surface area (Å²) < 4.78 is 0. The summed E-state index contributed by atoms with van der Waals surface area (Å²) in [5.74, 6) is 0.384. The number of amides is 1. The lowest BCUT2D eigenvalue weighted by Crippen LogP contribution is -2.50. The first kappa shape index (κ1) is 14.5. The molecule has 0 aromatic rings. The summed E-state index contributed by atoms with van der Waals surface area (Å²) in [6, 6.07) is 0. The quantitative estimate of drug-likeness (QED) is 0.776. The zero-order chi connectivity index (χ0) is 13.1. The number of nitrogens with zero attached hydrogens (tertiary/aromatic N) is 1. The molecule has 0 saturated carbocycles. The summed E-state index contributed by atoms with van der Waals surface area (Å²) in [5.41, 5.74) is -0.170. The first-order valence-electron chi connectivity index (χ1n) is 6.53. The Morgan fingerprint density at radius 2 is 2.12 bits per heavy atom. The molecule has 0 bridgehead atoms. The summed E-state index contributed by atoms with van der Waals surface area (Å²) in [7, 11) is 0. The van der Waals surface area contributed by atoms with Gasteiger partial charge in [0.25, 0.3) is 0 Å². The van der Waals surface area contributed by atoms with Gasteiger partial charge in [0.2, 0.25) is 5.91 Å². The van der Waals surface area contributed by atoms with Crippen LogP contribution in [-0.2, 0) is 4.79 Å². The molecule has 0 aliphatic carbocycles. The monoisotopic (exact) mass is 242 g/mol. The summed E-state index contributed by atoms with van der Waals surface area (Å²) in [5, 5.41) is 12.7. The van der Waals surface area contributed by atoms with Crippen molar-refractivity contribution in [3.8, 4) is 0 Å². The van der Waals surface area contributed by atoms with Crippen molar-refractivity contribution in [3.05, 3.63) is 0 Å². The largest absolute Gasteiger partial charge is 0.393 e. The van der Waals surface area contributed by atoms with E-state index >= 15 is 0 Å². The molecule has 1 heterocycles. The Morgan fingerprint density at radius 1 is 1.47 bits per heavy atom. The van der Waals surface area contributed by atoms with Crippen molar-refractivity contribution >= 4 is 5.91 Å². The Hall–Kier alpha value is -0.610. The maximum Gasteiger partial charge on any atom is 0.234 e. The fourth-order valence-electron chi connectivity index (χ4n) is 2.30. The average Bonchev–Trinajstić information content (AvgIpc) is 2.18. The molecule has 17 heavy (non-hydrogen) atoms. The number of nitrogens with one attached hydrogen (secondary N) is 1. The molecule has 0 radical (unpaired) electrons. The Morgan fingerprint density at radius 3 is 2.65 bits per heavy atom. The van der Waals surface area contributed by atoms with Crippen molar-refractivity contribution in [2.75, 3.05) is 19.6 Å². The highest BCUT2D eigenvalue weighted by atomic mass is 16.3. The Balaban J connectivity index is 2.40. The van der Waals surface area contributed by atoms with Crippen LogP contribution in [0.3, 0.4) is 0 Å². The zero-order valence-corrected chi connectivity index (χ0v) is 11.5. The van der Waals surface area contributed by atoms with E-state index in [1.54, 1.807) is 0 Å². The van der Waals surface area contributed by atoms with Crippen molar-refractivity contribution in [1.29, 1.82) is 0 Å². The van der Waals surface area contributed by atoms with Crippen molar-refractivity contribution in [1.82, 2.24) is 10.2 Å². The van der Waals surface area contributed by atoms with Crippen LogP contribution in [0.1, 0.15) is 40.5 Å². The van der Waals surface area contributed by atoms with E-state index in [1.807, 2.05) is 20.8 Å². The van der Waals surface area contributed by atoms with Crippen molar-refractivity contribution in [3.63, 3.8) is 0 Å². The number of piperidine rings is 1. The second-order valence-electron chi connectivity index (χ2n) is 6.06. The number of likely N-dealkylation sites (tertiary alicyclic amines) is 1. The zero-order valence-electron chi connectivity index (χ0n) is 11.5. The molecule has 1 amide bonds. The van der Waals surface area contributed by atoms with Crippen LogP contribution in [0.4, 0.5) is 0 Å². The van der Waals surface area contributed by atoms with Crippen LogP contribution in [0.5, 0.6) is 0 Å². The van der Waals surface area contributed by atoms with Gasteiger partial charge in [-0.05, 0) is 39.5 Å². The first-order chi connectivity index (χ1) is 7.81. The van der Waals surface area contributed by atoms with Gasteiger partial charge < -0.3 is 10.4 Å². The lowest BCUT2D eigenvalue weighted by Gasteiger charge is -2.35. The van der Waals surface area contributed by atoms with Gasteiger partial charge >= 0.3 is 0 Å². The maximum absolute atomic E-state index is 11.8. The van der Waals surface area contributed by atoms with Crippen LogP contribution in [0.2, 0.25) is 0 Å². The van der Waals surface area contributed by atoms with Gasteiger partial charge in [-0.1, -0.05) is 6.92 Å². The number of aliphatic hydroxyl groups is 1. The standard InChI is InChI=1S/C13H26N2O2/c1-5-10-8-15(7-6-11(10)16)9-12(17)14-13(2,3)4/h10-11,16H,5-9H2,1-4H3,(H,14,17). The number of rotatable bonds is 3. The lowest BCUT2D eigenvalue weighted by molar-refractivity contribution is -0.124. The second kappa shape index (κ2) is 5.83. The normalized spacial score (nSPS) is 26.9. The third-order valence-electron chi connectivity index (χ3n) is 3.18. The van der Waals surface area contributed by atoms with Crippen molar-refractivity contribution in [2.45, 2.75) is 52.2 Å². The number of hydrogen-bond donors (Lipinski definition) is 2. The third-order valence-corrected chi connectivity index (χ3v) is 3.18. The minimum atomic E-state index is -0.193. The van der Waals surface area contributed by atoms with Crippen LogP contribution < -0.4 is 5.32 Å². The highest BCUT2D eigenvalue weighted by Crippen LogP contribution is 2.19. The molecule has 1 fully saturated rings. The van der Waals surface area contributed by atoms with Gasteiger partial charge in [-0.3, -0.25) is 9.69 Å². The van der Waals surface area contributed by atoms with Gasteiger partial charge in [0.05, 0.1) is 12.6 Å². The van der Waals surface area contributed by atoms with E-state index in [-0.39, 0.29) is 17.6 Å². The fraction of sp³-hybridized carbons (Fsp3) is 0.923. The van der Waals surface area contributed by atoms with Gasteiger partial charge in [-0.25, -0.2) is 0 Å². The first-order valence-corrected chi connectivity index (χ1v) is 6.53. The van der Waals surface area contributed by atoms with E-state index in [0.29, 0.717) is 12.5 Å². The maximum atomic E-state index is 11.8. The SMILES string of the molecule is CCC1CN(CC(=O)NC(C)(C)C)CCC1O. The average molecular weight is 242 g/mol. The molecule has 0 spiro atoms. The van der Waals surface area contributed by atoms with E-state index in [2.05, 4.69) is 17.1 Å². The molecule has 1 saturated heterocycles. The predicted octanol–water partition coefficient (Wildman–Crippen LogP) is 0.994. The van der Waals surface area contributed by atoms with Crippen LogP contribution in [-0.4, -0.2) is 47.2 Å². The van der Waals surface area contributed by atoms with E-state index in [4.69, 9.17) is 0 Å². The molecule has 2 atom stereocenters. The summed E-state index contributed by atoms with van der Waals surface area (Å²) >= 11 is 0. The third kappa shape index (κ3) is 5.04. The number of carbonyl (C=O) groups is 1. The van der Waals surface area contributed by atoms with Crippen LogP contribution in [0.15, 0.2) is 0 Å². The number of carbonyl (C=O) groups excluding carboxylic acids is 1. The van der Waals surface area contributed by atoms with Crippen molar-refractivity contribution < 1.29 is 9.90 Å². The topological polar surface area (TPSA) is 52.6 Å². The van der Waals surface area contributed by atoms with Gasteiger partial charge in [-0.2, -0.15) is 0 Å². The Kier molecular flexibility index (Phi) is 4.95. The van der Waals surface area contributed by atoms with Gasteiger partial charge in [0, 0.05) is 18.6 Å². The molecule has 2 N–H and O–H groups in total. The molecular weight excluding hydrogens is 216 g/mol. The van der Waals surface area contributed by atoms with Crippen LogP contribution in [0, 0.1) is 5.92 Å².